The Bertz CT molecular complexity index is 625. The molecule has 0 unspecified atom stereocenters. The van der Waals surface area contributed by atoms with Crippen molar-refractivity contribution in [3.8, 4) is 0 Å². The lowest BCUT2D eigenvalue weighted by molar-refractivity contribution is -0.153. The van der Waals surface area contributed by atoms with Crippen molar-refractivity contribution in [1.82, 2.24) is 24.9 Å². The van der Waals surface area contributed by atoms with Crippen molar-refractivity contribution in [1.29, 1.82) is 0 Å². The number of hydrogen-bond acceptors (Lipinski definition) is 5. The van der Waals surface area contributed by atoms with Crippen LogP contribution in [0.4, 0.5) is 0 Å². The molecule has 2 aliphatic rings. The van der Waals surface area contributed by atoms with Gasteiger partial charge >= 0.3 is 0 Å². The number of carbonyl (C=O) groups excluding carboxylic acids is 2. The van der Waals surface area contributed by atoms with E-state index in [4.69, 9.17) is 0 Å². The fourth-order valence-corrected chi connectivity index (χ4v) is 3.65. The quantitative estimate of drug-likeness (QED) is 0.752. The molecule has 3 rings (SSSR count). The molecule has 0 radical (unpaired) electrons. The minimum Gasteiger partial charge on any atom is -0.338 e. The van der Waals surface area contributed by atoms with Gasteiger partial charge in [0.15, 0.2) is 0 Å². The lowest BCUT2D eigenvalue weighted by Gasteiger charge is -2.51. The first-order chi connectivity index (χ1) is 11.6. The summed E-state index contributed by atoms with van der Waals surface area (Å²) in [6.07, 6.45) is 6.08. The van der Waals surface area contributed by atoms with Crippen LogP contribution in [0.3, 0.4) is 0 Å². The van der Waals surface area contributed by atoms with E-state index in [-0.39, 0.29) is 11.8 Å². The summed E-state index contributed by atoms with van der Waals surface area (Å²) < 4.78 is 0. The molecule has 3 heterocycles. The molecule has 0 aliphatic carbocycles. The summed E-state index contributed by atoms with van der Waals surface area (Å²) in [7, 11) is 2.01. The SMILES string of the molecule is C=CCN1CCN(C)C2(CCN(C(=O)c3ccnnc3)CC2)C1=O. The minimum atomic E-state index is -0.492. The summed E-state index contributed by atoms with van der Waals surface area (Å²) in [6.45, 7) is 7.04. The zero-order valence-corrected chi connectivity index (χ0v) is 14.0. The Balaban J connectivity index is 1.72. The van der Waals surface area contributed by atoms with Gasteiger partial charge in [0, 0.05) is 32.7 Å². The van der Waals surface area contributed by atoms with E-state index in [1.54, 1.807) is 17.0 Å². The van der Waals surface area contributed by atoms with Crippen LogP contribution in [0.25, 0.3) is 0 Å². The van der Waals surface area contributed by atoms with E-state index in [1.807, 2.05) is 11.9 Å². The van der Waals surface area contributed by atoms with Crippen LogP contribution in [0.2, 0.25) is 0 Å². The molecule has 1 aromatic rings. The number of hydrogen-bond donors (Lipinski definition) is 0. The number of amides is 2. The van der Waals surface area contributed by atoms with Crippen LogP contribution >= 0.6 is 0 Å². The van der Waals surface area contributed by atoms with Gasteiger partial charge in [0.2, 0.25) is 5.91 Å². The first-order valence-corrected chi connectivity index (χ1v) is 8.26. The van der Waals surface area contributed by atoms with Gasteiger partial charge in [-0.05, 0) is 26.0 Å². The molecular weight excluding hydrogens is 306 g/mol. The predicted octanol–water partition coefficient (Wildman–Crippen LogP) is 0.411. The maximum atomic E-state index is 13.0. The Morgan fingerprint density at radius 3 is 2.67 bits per heavy atom. The molecule has 7 nitrogen and oxygen atoms in total. The Morgan fingerprint density at radius 2 is 2.04 bits per heavy atom. The van der Waals surface area contributed by atoms with Gasteiger partial charge in [-0.15, -0.1) is 6.58 Å². The van der Waals surface area contributed by atoms with E-state index in [0.717, 1.165) is 13.1 Å². The van der Waals surface area contributed by atoms with Gasteiger partial charge in [-0.2, -0.15) is 10.2 Å². The van der Waals surface area contributed by atoms with Crippen molar-refractivity contribution in [2.24, 2.45) is 0 Å². The summed E-state index contributed by atoms with van der Waals surface area (Å²) in [5.74, 6) is 0.113. The van der Waals surface area contributed by atoms with Crippen LogP contribution < -0.4 is 0 Å². The van der Waals surface area contributed by atoms with Crippen molar-refractivity contribution in [3.05, 3.63) is 36.7 Å². The molecule has 0 aromatic carbocycles. The zero-order valence-electron chi connectivity index (χ0n) is 14.0. The Morgan fingerprint density at radius 1 is 1.29 bits per heavy atom. The molecule has 0 saturated carbocycles. The normalized spacial score (nSPS) is 21.1. The third-order valence-corrected chi connectivity index (χ3v) is 5.18. The number of aromatic nitrogens is 2. The maximum Gasteiger partial charge on any atom is 0.255 e. The second-order valence-electron chi connectivity index (χ2n) is 6.42. The molecular formula is C17H23N5O2. The van der Waals surface area contributed by atoms with Gasteiger partial charge in [0.1, 0.15) is 5.54 Å². The topological polar surface area (TPSA) is 69.6 Å². The van der Waals surface area contributed by atoms with Crippen LogP contribution in [0.15, 0.2) is 31.1 Å². The lowest BCUT2D eigenvalue weighted by atomic mass is 9.82. The standard InChI is InChI=1S/C17H23N5O2/c1-3-8-22-12-11-20(2)17(16(22)24)5-9-21(10-6-17)15(23)14-4-7-18-19-13-14/h3-4,7,13H,1,5-6,8-12H2,2H3. The van der Waals surface area contributed by atoms with E-state index in [1.165, 1.54) is 12.4 Å². The second-order valence-corrected chi connectivity index (χ2v) is 6.42. The zero-order chi connectivity index (χ0) is 17.2. The number of likely N-dealkylation sites (tertiary alicyclic amines) is 1. The van der Waals surface area contributed by atoms with E-state index < -0.39 is 5.54 Å². The van der Waals surface area contributed by atoms with Crippen molar-refractivity contribution in [2.45, 2.75) is 18.4 Å². The van der Waals surface area contributed by atoms with Gasteiger partial charge in [-0.3, -0.25) is 14.5 Å². The molecule has 2 aliphatic heterocycles. The number of piperazine rings is 1. The molecule has 0 N–H and O–H groups in total. The number of piperidine rings is 1. The van der Waals surface area contributed by atoms with E-state index in [9.17, 15) is 9.59 Å². The van der Waals surface area contributed by atoms with Gasteiger partial charge < -0.3 is 9.80 Å². The Hall–Kier alpha value is -2.28. The number of nitrogens with zero attached hydrogens (tertiary/aromatic N) is 5. The fraction of sp³-hybridized carbons (Fsp3) is 0.529. The first-order valence-electron chi connectivity index (χ1n) is 8.26. The minimum absolute atomic E-state index is 0.0476. The van der Waals surface area contributed by atoms with Gasteiger partial charge in [0.25, 0.3) is 5.91 Å². The first kappa shape index (κ1) is 16.6. The highest BCUT2D eigenvalue weighted by Gasteiger charge is 2.49. The smallest absolute Gasteiger partial charge is 0.255 e. The van der Waals surface area contributed by atoms with E-state index in [0.29, 0.717) is 38.0 Å². The molecule has 2 fully saturated rings. The third kappa shape index (κ3) is 2.80. The highest BCUT2D eigenvalue weighted by atomic mass is 16.2. The second kappa shape index (κ2) is 6.68. The van der Waals surface area contributed by atoms with Crippen molar-refractivity contribution in [2.75, 3.05) is 39.8 Å². The van der Waals surface area contributed by atoms with Crippen LogP contribution in [-0.4, -0.2) is 82.0 Å². The Kier molecular flexibility index (Phi) is 4.62. The summed E-state index contributed by atoms with van der Waals surface area (Å²) in [5.41, 5.74) is 0.0479. The van der Waals surface area contributed by atoms with E-state index in [2.05, 4.69) is 21.7 Å². The molecule has 24 heavy (non-hydrogen) atoms. The van der Waals surface area contributed by atoms with Gasteiger partial charge in [0.05, 0.1) is 18.0 Å². The molecule has 1 spiro atoms. The predicted molar refractivity (Wildman–Crippen MR) is 89.3 cm³/mol. The average molecular weight is 329 g/mol. The van der Waals surface area contributed by atoms with Crippen LogP contribution in [0.5, 0.6) is 0 Å². The molecule has 1 aromatic heterocycles. The molecule has 7 heteroatoms. The number of likely N-dealkylation sites (N-methyl/N-ethyl adjacent to an activating group) is 1. The third-order valence-electron chi connectivity index (χ3n) is 5.18. The van der Waals surface area contributed by atoms with Crippen molar-refractivity contribution < 1.29 is 9.59 Å². The van der Waals surface area contributed by atoms with Gasteiger partial charge in [-0.1, -0.05) is 6.08 Å². The summed E-state index contributed by atoms with van der Waals surface area (Å²) in [5, 5.41) is 7.46. The Labute approximate surface area is 141 Å². The molecule has 0 bridgehead atoms. The van der Waals surface area contributed by atoms with Gasteiger partial charge in [-0.25, -0.2) is 0 Å². The highest BCUT2D eigenvalue weighted by molar-refractivity contribution is 5.94. The monoisotopic (exact) mass is 329 g/mol. The molecule has 2 amide bonds. The number of carbonyl (C=O) groups is 2. The summed E-state index contributed by atoms with van der Waals surface area (Å²) in [4.78, 5) is 31.3. The molecule has 0 atom stereocenters. The van der Waals surface area contributed by atoms with Crippen molar-refractivity contribution >= 4 is 11.8 Å². The summed E-state index contributed by atoms with van der Waals surface area (Å²) in [6, 6.07) is 1.67. The van der Waals surface area contributed by atoms with Crippen LogP contribution in [-0.2, 0) is 4.79 Å². The fourth-order valence-electron chi connectivity index (χ4n) is 3.65. The number of rotatable bonds is 3. The van der Waals surface area contributed by atoms with Crippen LogP contribution in [0, 0.1) is 0 Å². The van der Waals surface area contributed by atoms with Crippen LogP contribution in [0.1, 0.15) is 23.2 Å². The molecule has 2 saturated heterocycles. The summed E-state index contributed by atoms with van der Waals surface area (Å²) >= 11 is 0. The van der Waals surface area contributed by atoms with Crippen molar-refractivity contribution in [3.63, 3.8) is 0 Å². The van der Waals surface area contributed by atoms with E-state index >= 15 is 0 Å². The maximum absolute atomic E-state index is 13.0. The lowest BCUT2D eigenvalue weighted by Crippen LogP contribution is -2.67. The largest absolute Gasteiger partial charge is 0.338 e. The average Bonchev–Trinajstić information content (AvgIpc) is 2.63. The highest BCUT2D eigenvalue weighted by Crippen LogP contribution is 2.33. The molecule has 128 valence electrons.